The number of oxazole rings is 1. The minimum Gasteiger partial charge on any atom is -0.444 e. The first kappa shape index (κ1) is 20.5. The van der Waals surface area contributed by atoms with Gasteiger partial charge in [-0.05, 0) is 97.7 Å². The summed E-state index contributed by atoms with van der Waals surface area (Å²) in [5.41, 5.74) is 1.05. The number of carbonyl (C=O) groups excluding carboxylic acids is 1. The van der Waals surface area contributed by atoms with E-state index in [1.54, 1.807) is 23.3 Å². The fourth-order valence-electron chi connectivity index (χ4n) is 9.84. The van der Waals surface area contributed by atoms with Gasteiger partial charge >= 0.3 is 0 Å². The summed E-state index contributed by atoms with van der Waals surface area (Å²) in [6.45, 7) is 5.35. The molecule has 0 saturated heterocycles. The summed E-state index contributed by atoms with van der Waals surface area (Å²) in [4.78, 5) is 17.9. The third-order valence-corrected chi connectivity index (χ3v) is 11.0. The van der Waals surface area contributed by atoms with Gasteiger partial charge in [0.1, 0.15) is 6.26 Å². The number of nitrogens with zero attached hydrogens (tertiary/aromatic N) is 3. The summed E-state index contributed by atoms with van der Waals surface area (Å²) in [6, 6.07) is 0. The van der Waals surface area contributed by atoms with Gasteiger partial charge in [-0.1, -0.05) is 20.3 Å². The molecule has 2 aromatic heterocycles. The molecule has 10 atom stereocenters. The lowest BCUT2D eigenvalue weighted by atomic mass is 9.48. The summed E-state index contributed by atoms with van der Waals surface area (Å²) in [5.74, 6) is 8.18. The number of hydrogen-bond acceptors (Lipinski definition) is 4. The zero-order valence-corrected chi connectivity index (χ0v) is 20.0. The third kappa shape index (κ3) is 3.06. The molecule has 0 spiro atoms. The molecule has 5 aliphatic carbocycles. The molecule has 0 N–H and O–H groups in total. The van der Waals surface area contributed by atoms with Gasteiger partial charge in [-0.25, -0.2) is 4.98 Å². The van der Waals surface area contributed by atoms with Crippen molar-refractivity contribution in [2.45, 2.75) is 71.8 Å². The number of fused-ring (bicyclic) bond motifs is 7. The zero-order chi connectivity index (χ0) is 22.3. The van der Waals surface area contributed by atoms with E-state index in [-0.39, 0.29) is 11.3 Å². The third-order valence-electron chi connectivity index (χ3n) is 11.0. The van der Waals surface area contributed by atoms with Crippen LogP contribution in [0.3, 0.4) is 0 Å². The quantitative estimate of drug-likeness (QED) is 0.588. The van der Waals surface area contributed by atoms with Crippen molar-refractivity contribution in [3.8, 4) is 11.5 Å². The zero-order valence-electron chi connectivity index (χ0n) is 20.0. The van der Waals surface area contributed by atoms with Gasteiger partial charge < -0.3 is 4.42 Å². The lowest BCUT2D eigenvalue weighted by Gasteiger charge is -2.57. The van der Waals surface area contributed by atoms with E-state index in [2.05, 4.69) is 23.9 Å². The largest absolute Gasteiger partial charge is 0.444 e. The summed E-state index contributed by atoms with van der Waals surface area (Å²) in [6.07, 6.45) is 18.1. The minimum absolute atomic E-state index is 0.208. The van der Waals surface area contributed by atoms with Crippen molar-refractivity contribution in [1.82, 2.24) is 14.8 Å². The molecule has 0 radical (unpaired) electrons. The molecule has 2 heterocycles. The lowest BCUT2D eigenvalue weighted by Crippen LogP contribution is -2.51. The fraction of sp³-hybridized carbons (Fsp3) is 0.750. The van der Waals surface area contributed by atoms with Crippen molar-refractivity contribution in [3.63, 3.8) is 0 Å². The molecule has 5 heteroatoms. The van der Waals surface area contributed by atoms with Crippen LogP contribution in [0.5, 0.6) is 0 Å². The molecule has 2 aromatic rings. The number of Topliss-reactive ketones (excluding diaryl/α,β-unsaturated/α-hetero) is 1. The molecule has 5 nitrogen and oxygen atoms in total. The van der Waals surface area contributed by atoms with Gasteiger partial charge in [-0.2, -0.15) is 5.10 Å². The van der Waals surface area contributed by atoms with Crippen molar-refractivity contribution in [2.24, 2.45) is 58.7 Å². The van der Waals surface area contributed by atoms with Gasteiger partial charge in [0.2, 0.25) is 5.89 Å². The highest BCUT2D eigenvalue weighted by atomic mass is 16.3. The standard InChI is InChI=1S/C28H37N3O2/c1-16-3-5-19-17(11-16)4-6-21-20(19)7-8-28(2)25(21)22-12-23(22)26(28)24(32)15-31-14-18(13-30-31)27-29-9-10-33-27/h9-10,13-14,16-17,19-23,25-26H,3-8,11-12,15H2,1-2H3/t16-,17+,19-,20?,21?,22+,23-,25?,26+,28-/m0/s1. The highest BCUT2D eigenvalue weighted by Gasteiger charge is 2.70. The van der Waals surface area contributed by atoms with Crippen LogP contribution in [0.1, 0.15) is 65.2 Å². The molecule has 0 amide bonds. The first-order valence-electron chi connectivity index (χ1n) is 13.5. The normalized spacial score (nSPS) is 45.6. The van der Waals surface area contributed by atoms with Gasteiger partial charge in [0.15, 0.2) is 5.78 Å². The molecular weight excluding hydrogens is 410 g/mol. The molecule has 0 aliphatic heterocycles. The van der Waals surface area contributed by atoms with Gasteiger partial charge in [0.25, 0.3) is 0 Å². The Hall–Kier alpha value is -1.91. The van der Waals surface area contributed by atoms with E-state index in [1.165, 1.54) is 51.4 Å². The topological polar surface area (TPSA) is 60.9 Å². The molecular formula is C28H37N3O2. The van der Waals surface area contributed by atoms with Crippen LogP contribution in [0.25, 0.3) is 11.5 Å². The smallest absolute Gasteiger partial charge is 0.229 e. The summed E-state index contributed by atoms with van der Waals surface area (Å²) in [7, 11) is 0. The maximum Gasteiger partial charge on any atom is 0.229 e. The second kappa shape index (κ2) is 7.29. The van der Waals surface area contributed by atoms with E-state index in [0.29, 0.717) is 24.1 Å². The Labute approximate surface area is 196 Å². The van der Waals surface area contributed by atoms with Crippen molar-refractivity contribution in [3.05, 3.63) is 24.9 Å². The van der Waals surface area contributed by atoms with Crippen molar-refractivity contribution in [2.75, 3.05) is 0 Å². The van der Waals surface area contributed by atoms with Crippen LogP contribution in [0.15, 0.2) is 29.3 Å². The molecule has 5 saturated carbocycles. The van der Waals surface area contributed by atoms with Crippen LogP contribution in [0, 0.1) is 58.7 Å². The highest BCUT2D eigenvalue weighted by molar-refractivity contribution is 5.83. The Morgan fingerprint density at radius 1 is 1.09 bits per heavy atom. The van der Waals surface area contributed by atoms with E-state index in [1.807, 2.05) is 6.20 Å². The lowest BCUT2D eigenvalue weighted by molar-refractivity contribution is -0.134. The molecule has 0 aromatic carbocycles. The van der Waals surface area contributed by atoms with Crippen LogP contribution in [0.4, 0.5) is 0 Å². The Morgan fingerprint density at radius 2 is 1.97 bits per heavy atom. The molecule has 5 aliphatic rings. The second-order valence-corrected chi connectivity index (χ2v) is 12.6. The second-order valence-electron chi connectivity index (χ2n) is 12.6. The predicted octanol–water partition coefficient (Wildman–Crippen LogP) is 5.87. The van der Waals surface area contributed by atoms with E-state index < -0.39 is 0 Å². The monoisotopic (exact) mass is 447 g/mol. The Kier molecular flexibility index (Phi) is 4.52. The maximum absolute atomic E-state index is 13.7. The molecule has 33 heavy (non-hydrogen) atoms. The fourth-order valence-corrected chi connectivity index (χ4v) is 9.84. The Morgan fingerprint density at radius 3 is 2.82 bits per heavy atom. The van der Waals surface area contributed by atoms with Crippen LogP contribution in [-0.4, -0.2) is 20.5 Å². The number of ketones is 1. The van der Waals surface area contributed by atoms with Crippen LogP contribution in [0.2, 0.25) is 0 Å². The SMILES string of the molecule is C[C@H]1CC[C@@H]2C3CC[C@@]4(C)C(C3CC[C@@H]2C1)[C@@H]1C[C@@H]1[C@@H]4C(=O)Cn1cc(-c2ncco2)cn1. The summed E-state index contributed by atoms with van der Waals surface area (Å²) >= 11 is 0. The average Bonchev–Trinajstić information content (AvgIpc) is 3.17. The Bertz CT molecular complexity index is 1040. The number of carbonyl (C=O) groups is 1. The van der Waals surface area contributed by atoms with Crippen molar-refractivity contribution in [1.29, 1.82) is 0 Å². The summed E-state index contributed by atoms with van der Waals surface area (Å²) in [5, 5.41) is 4.46. The van der Waals surface area contributed by atoms with Gasteiger partial charge in [0, 0.05) is 12.1 Å². The van der Waals surface area contributed by atoms with Crippen LogP contribution in [-0.2, 0) is 11.3 Å². The van der Waals surface area contributed by atoms with Gasteiger partial charge in [-0.15, -0.1) is 0 Å². The van der Waals surface area contributed by atoms with Crippen molar-refractivity contribution >= 4 is 5.78 Å². The van der Waals surface area contributed by atoms with Crippen LogP contribution < -0.4 is 0 Å². The van der Waals surface area contributed by atoms with E-state index in [0.717, 1.165) is 47.0 Å². The number of hydrogen-bond donors (Lipinski definition) is 0. The molecule has 5 fully saturated rings. The van der Waals surface area contributed by atoms with Crippen molar-refractivity contribution < 1.29 is 9.21 Å². The van der Waals surface area contributed by atoms with E-state index in [9.17, 15) is 4.79 Å². The highest BCUT2D eigenvalue weighted by Crippen LogP contribution is 2.74. The van der Waals surface area contributed by atoms with E-state index in [4.69, 9.17) is 4.42 Å². The Balaban J connectivity index is 1.10. The number of rotatable bonds is 4. The minimum atomic E-state index is 0.208. The van der Waals surface area contributed by atoms with Crippen LogP contribution >= 0.6 is 0 Å². The first-order valence-corrected chi connectivity index (χ1v) is 13.5. The molecule has 7 rings (SSSR count). The van der Waals surface area contributed by atoms with Gasteiger partial charge in [0.05, 0.1) is 24.5 Å². The predicted molar refractivity (Wildman–Crippen MR) is 125 cm³/mol. The molecule has 3 unspecified atom stereocenters. The average molecular weight is 448 g/mol. The van der Waals surface area contributed by atoms with Gasteiger partial charge in [-0.3, -0.25) is 9.48 Å². The first-order chi connectivity index (χ1) is 16.0. The van der Waals surface area contributed by atoms with E-state index >= 15 is 0 Å². The maximum atomic E-state index is 13.7. The summed E-state index contributed by atoms with van der Waals surface area (Å²) < 4.78 is 7.19. The molecule has 176 valence electrons. The molecule has 0 bridgehead atoms. The number of aromatic nitrogens is 3.